The van der Waals surface area contributed by atoms with E-state index in [4.69, 9.17) is 27.9 Å². The van der Waals surface area contributed by atoms with Crippen molar-refractivity contribution in [1.29, 1.82) is 0 Å². The normalized spacial score (nSPS) is 13.2. The monoisotopic (exact) mass is 448 g/mol. The van der Waals surface area contributed by atoms with Gasteiger partial charge in [0.15, 0.2) is 11.8 Å². The van der Waals surface area contributed by atoms with Crippen molar-refractivity contribution < 1.29 is 14.3 Å². The van der Waals surface area contributed by atoms with Gasteiger partial charge in [-0.3, -0.25) is 9.48 Å². The first-order valence-corrected chi connectivity index (χ1v) is 10.1. The molecule has 2 aromatic heterocycles. The van der Waals surface area contributed by atoms with Crippen LogP contribution >= 0.6 is 23.2 Å². The lowest BCUT2D eigenvalue weighted by molar-refractivity contribution is -0.129. The molecular weight excluding hydrogens is 427 g/mol. The summed E-state index contributed by atoms with van der Waals surface area (Å²) in [6.45, 7) is 6.89. The molecule has 1 amide bonds. The van der Waals surface area contributed by atoms with Gasteiger partial charge in [0.25, 0.3) is 5.91 Å². The molecule has 1 N–H and O–H groups in total. The van der Waals surface area contributed by atoms with Crippen LogP contribution in [-0.2, 0) is 16.6 Å². The van der Waals surface area contributed by atoms with Crippen molar-refractivity contribution in [2.45, 2.75) is 39.8 Å². The van der Waals surface area contributed by atoms with Crippen LogP contribution in [0, 0.1) is 13.8 Å². The molecule has 158 valence electrons. The summed E-state index contributed by atoms with van der Waals surface area (Å²) >= 11 is 12.1. The Balaban J connectivity index is 1.76. The standard InChI is InChI=1S/C21H22Cl2N4O3/c1-10-8-16(18-12(3)26-27(5)19(18)24-10)21(29)30-13(4)20(28)25-11(2)15-7-6-14(22)9-17(15)23/h6-9,11,13H,1-5H3,(H,25,28). The minimum Gasteiger partial charge on any atom is -0.449 e. The number of pyridine rings is 1. The van der Waals surface area contributed by atoms with E-state index in [0.717, 1.165) is 0 Å². The van der Waals surface area contributed by atoms with Crippen molar-refractivity contribution in [2.24, 2.45) is 7.05 Å². The molecule has 2 heterocycles. The third-order valence-electron chi connectivity index (χ3n) is 4.76. The van der Waals surface area contributed by atoms with Gasteiger partial charge in [-0.2, -0.15) is 5.10 Å². The number of ether oxygens (including phenoxy) is 1. The Morgan fingerprint density at radius 2 is 1.87 bits per heavy atom. The van der Waals surface area contributed by atoms with Gasteiger partial charge in [-0.15, -0.1) is 0 Å². The number of nitrogens with zero attached hydrogens (tertiary/aromatic N) is 3. The molecule has 0 saturated carbocycles. The number of amides is 1. The quantitative estimate of drug-likeness (QED) is 0.587. The molecule has 0 spiro atoms. The lowest BCUT2D eigenvalue weighted by Gasteiger charge is -2.19. The molecule has 1 aromatic carbocycles. The molecule has 0 aliphatic rings. The van der Waals surface area contributed by atoms with Crippen LogP contribution in [0.5, 0.6) is 0 Å². The predicted octanol–water partition coefficient (Wildman–Crippen LogP) is 4.31. The van der Waals surface area contributed by atoms with Crippen LogP contribution in [0.25, 0.3) is 11.0 Å². The van der Waals surface area contributed by atoms with Gasteiger partial charge in [0.1, 0.15) is 0 Å². The number of nitrogens with one attached hydrogen (secondary N) is 1. The highest BCUT2D eigenvalue weighted by molar-refractivity contribution is 6.35. The highest BCUT2D eigenvalue weighted by Crippen LogP contribution is 2.26. The highest BCUT2D eigenvalue weighted by atomic mass is 35.5. The summed E-state index contributed by atoms with van der Waals surface area (Å²) < 4.78 is 7.06. The number of carbonyl (C=O) groups excluding carboxylic acids is 2. The van der Waals surface area contributed by atoms with E-state index < -0.39 is 18.0 Å². The third kappa shape index (κ3) is 4.42. The van der Waals surface area contributed by atoms with Gasteiger partial charge in [0.05, 0.1) is 22.7 Å². The number of rotatable bonds is 5. The highest BCUT2D eigenvalue weighted by Gasteiger charge is 2.24. The van der Waals surface area contributed by atoms with Gasteiger partial charge in [0.2, 0.25) is 0 Å². The molecule has 30 heavy (non-hydrogen) atoms. The van der Waals surface area contributed by atoms with E-state index in [1.807, 2.05) is 0 Å². The van der Waals surface area contributed by atoms with Crippen molar-refractivity contribution in [2.75, 3.05) is 0 Å². The summed E-state index contributed by atoms with van der Waals surface area (Å²) in [4.78, 5) is 29.9. The summed E-state index contributed by atoms with van der Waals surface area (Å²) in [7, 11) is 1.76. The van der Waals surface area contributed by atoms with Gasteiger partial charge < -0.3 is 10.1 Å². The molecule has 0 aliphatic heterocycles. The summed E-state index contributed by atoms with van der Waals surface area (Å²) in [5.74, 6) is -1.05. The molecular formula is C21H22Cl2N4O3. The average molecular weight is 449 g/mol. The van der Waals surface area contributed by atoms with Crippen LogP contribution in [0.15, 0.2) is 24.3 Å². The van der Waals surface area contributed by atoms with Crippen molar-refractivity contribution in [1.82, 2.24) is 20.1 Å². The Kier molecular flexibility index (Phi) is 6.33. The molecule has 3 aromatic rings. The third-order valence-corrected chi connectivity index (χ3v) is 5.32. The summed E-state index contributed by atoms with van der Waals surface area (Å²) in [5, 5.41) is 8.69. The number of aromatic nitrogens is 3. The first kappa shape index (κ1) is 22.1. The minimum absolute atomic E-state index is 0.330. The number of aryl methyl sites for hydroxylation is 3. The van der Waals surface area contributed by atoms with Gasteiger partial charge in [-0.25, -0.2) is 9.78 Å². The SMILES string of the molecule is Cc1cc(C(=O)OC(C)C(=O)NC(C)c2ccc(Cl)cc2Cl)c2c(C)nn(C)c2n1. The molecule has 2 atom stereocenters. The van der Waals surface area contributed by atoms with Crippen molar-refractivity contribution in [3.8, 4) is 0 Å². The lowest BCUT2D eigenvalue weighted by Crippen LogP contribution is -2.37. The van der Waals surface area contributed by atoms with Crippen LogP contribution in [0.3, 0.4) is 0 Å². The maximum atomic E-state index is 12.8. The van der Waals surface area contributed by atoms with E-state index in [9.17, 15) is 9.59 Å². The molecule has 0 radical (unpaired) electrons. The maximum Gasteiger partial charge on any atom is 0.339 e. The smallest absolute Gasteiger partial charge is 0.339 e. The molecule has 0 saturated heterocycles. The Bertz CT molecular complexity index is 1140. The Morgan fingerprint density at radius 3 is 2.53 bits per heavy atom. The van der Waals surface area contributed by atoms with Crippen LogP contribution < -0.4 is 5.32 Å². The molecule has 2 unspecified atom stereocenters. The number of fused-ring (bicyclic) bond motifs is 1. The van der Waals surface area contributed by atoms with Crippen LogP contribution in [0.1, 0.15) is 47.2 Å². The Hall–Kier alpha value is -2.64. The fourth-order valence-electron chi connectivity index (χ4n) is 3.27. The van der Waals surface area contributed by atoms with E-state index >= 15 is 0 Å². The number of hydrogen-bond acceptors (Lipinski definition) is 5. The van der Waals surface area contributed by atoms with Crippen LogP contribution in [0.2, 0.25) is 10.0 Å². The van der Waals surface area contributed by atoms with E-state index in [1.165, 1.54) is 6.92 Å². The Labute approximate surface area is 184 Å². The van der Waals surface area contributed by atoms with E-state index in [0.29, 0.717) is 43.6 Å². The fraction of sp³-hybridized carbons (Fsp3) is 0.333. The summed E-state index contributed by atoms with van der Waals surface area (Å²) in [6, 6.07) is 6.30. The maximum absolute atomic E-state index is 12.8. The van der Waals surface area contributed by atoms with Gasteiger partial charge in [0, 0.05) is 22.8 Å². The zero-order chi connectivity index (χ0) is 22.2. The van der Waals surface area contributed by atoms with Crippen molar-refractivity contribution in [3.63, 3.8) is 0 Å². The molecule has 0 bridgehead atoms. The zero-order valence-electron chi connectivity index (χ0n) is 17.3. The van der Waals surface area contributed by atoms with Crippen molar-refractivity contribution in [3.05, 3.63) is 56.8 Å². The van der Waals surface area contributed by atoms with E-state index in [2.05, 4.69) is 15.4 Å². The van der Waals surface area contributed by atoms with E-state index in [-0.39, 0.29) is 6.04 Å². The largest absolute Gasteiger partial charge is 0.449 e. The van der Waals surface area contributed by atoms with E-state index in [1.54, 1.807) is 56.8 Å². The van der Waals surface area contributed by atoms with Crippen LogP contribution in [-0.4, -0.2) is 32.7 Å². The number of hydrogen-bond donors (Lipinski definition) is 1. The molecule has 0 fully saturated rings. The average Bonchev–Trinajstić information content (AvgIpc) is 2.94. The first-order chi connectivity index (χ1) is 14.1. The zero-order valence-corrected chi connectivity index (χ0v) is 18.8. The summed E-state index contributed by atoms with van der Waals surface area (Å²) in [6.07, 6.45) is -1.01. The van der Waals surface area contributed by atoms with Gasteiger partial charge in [-0.1, -0.05) is 29.3 Å². The summed E-state index contributed by atoms with van der Waals surface area (Å²) in [5.41, 5.74) is 2.94. The van der Waals surface area contributed by atoms with Crippen LogP contribution in [0.4, 0.5) is 0 Å². The fourth-order valence-corrected chi connectivity index (χ4v) is 3.84. The first-order valence-electron chi connectivity index (χ1n) is 9.35. The Morgan fingerprint density at radius 1 is 1.17 bits per heavy atom. The second kappa shape index (κ2) is 8.62. The number of esters is 1. The number of halogens is 2. The minimum atomic E-state index is -1.01. The second-order valence-corrected chi connectivity index (χ2v) is 8.01. The topological polar surface area (TPSA) is 86.1 Å². The van der Waals surface area contributed by atoms with Crippen molar-refractivity contribution >= 4 is 46.1 Å². The molecule has 9 heteroatoms. The van der Waals surface area contributed by atoms with Gasteiger partial charge >= 0.3 is 5.97 Å². The predicted molar refractivity (Wildman–Crippen MR) is 116 cm³/mol. The molecule has 3 rings (SSSR count). The molecule has 7 nitrogen and oxygen atoms in total. The molecule has 0 aliphatic carbocycles. The van der Waals surface area contributed by atoms with Gasteiger partial charge in [-0.05, 0) is 51.5 Å². The lowest BCUT2D eigenvalue weighted by atomic mass is 10.1. The second-order valence-electron chi connectivity index (χ2n) is 7.16. The number of benzene rings is 1. The number of carbonyl (C=O) groups is 2.